The van der Waals surface area contributed by atoms with Crippen LogP contribution >= 0.6 is 0 Å². The SMILES string of the molecule is CC1CC(N2CCCCC2)C(=O)C1=O. The lowest BCUT2D eigenvalue weighted by molar-refractivity contribution is -0.137. The first-order valence-electron chi connectivity index (χ1n) is 5.52. The Labute approximate surface area is 84.5 Å². The third kappa shape index (κ3) is 1.61. The fraction of sp³-hybridized carbons (Fsp3) is 0.818. The maximum absolute atomic E-state index is 11.6. The lowest BCUT2D eigenvalue weighted by atomic mass is 10.1. The van der Waals surface area contributed by atoms with E-state index in [1.54, 1.807) is 0 Å². The molecule has 2 aliphatic rings. The van der Waals surface area contributed by atoms with Gasteiger partial charge in [-0.05, 0) is 32.4 Å². The zero-order valence-corrected chi connectivity index (χ0v) is 8.66. The summed E-state index contributed by atoms with van der Waals surface area (Å²) in [7, 11) is 0. The summed E-state index contributed by atoms with van der Waals surface area (Å²) >= 11 is 0. The molecule has 1 saturated heterocycles. The van der Waals surface area contributed by atoms with E-state index in [2.05, 4.69) is 4.90 Å². The number of likely N-dealkylation sites (tertiary alicyclic amines) is 1. The molecule has 1 heterocycles. The van der Waals surface area contributed by atoms with E-state index in [0.29, 0.717) is 0 Å². The highest BCUT2D eigenvalue weighted by Crippen LogP contribution is 2.25. The van der Waals surface area contributed by atoms with Crippen molar-refractivity contribution in [3.8, 4) is 0 Å². The number of hydrogen-bond acceptors (Lipinski definition) is 3. The molecule has 0 amide bonds. The molecule has 0 spiro atoms. The molecule has 2 rings (SSSR count). The van der Waals surface area contributed by atoms with Crippen LogP contribution in [0.5, 0.6) is 0 Å². The van der Waals surface area contributed by atoms with Crippen LogP contribution in [0.2, 0.25) is 0 Å². The summed E-state index contributed by atoms with van der Waals surface area (Å²) < 4.78 is 0. The Kier molecular flexibility index (Phi) is 2.68. The Morgan fingerprint density at radius 1 is 1.07 bits per heavy atom. The molecule has 1 aliphatic heterocycles. The summed E-state index contributed by atoms with van der Waals surface area (Å²) in [5, 5.41) is 0. The first kappa shape index (κ1) is 9.84. The first-order valence-corrected chi connectivity index (χ1v) is 5.52. The third-order valence-corrected chi connectivity index (χ3v) is 3.40. The summed E-state index contributed by atoms with van der Waals surface area (Å²) in [6, 6.07) is -0.0854. The second kappa shape index (κ2) is 3.81. The van der Waals surface area contributed by atoms with Crippen LogP contribution in [0.25, 0.3) is 0 Å². The summed E-state index contributed by atoms with van der Waals surface area (Å²) in [6.07, 6.45) is 4.36. The van der Waals surface area contributed by atoms with Crippen molar-refractivity contribution in [2.45, 2.75) is 38.6 Å². The van der Waals surface area contributed by atoms with Crippen LogP contribution in [0.15, 0.2) is 0 Å². The fourth-order valence-corrected chi connectivity index (χ4v) is 2.50. The molecule has 0 bridgehead atoms. The van der Waals surface area contributed by atoms with Crippen molar-refractivity contribution in [1.82, 2.24) is 4.90 Å². The lowest BCUT2D eigenvalue weighted by Crippen LogP contribution is -2.42. The summed E-state index contributed by atoms with van der Waals surface area (Å²) in [4.78, 5) is 25.2. The molecule has 3 heteroatoms. The Hall–Kier alpha value is -0.700. The highest BCUT2D eigenvalue weighted by atomic mass is 16.2. The minimum atomic E-state index is -0.152. The molecule has 1 saturated carbocycles. The summed E-state index contributed by atoms with van der Waals surface area (Å²) in [6.45, 7) is 3.86. The van der Waals surface area contributed by atoms with Gasteiger partial charge in [0.25, 0.3) is 0 Å². The van der Waals surface area contributed by atoms with Gasteiger partial charge in [0, 0.05) is 5.92 Å². The smallest absolute Gasteiger partial charge is 0.215 e. The fourth-order valence-electron chi connectivity index (χ4n) is 2.50. The van der Waals surface area contributed by atoms with Crippen LogP contribution in [0.4, 0.5) is 0 Å². The number of carbonyl (C=O) groups is 2. The van der Waals surface area contributed by atoms with Crippen LogP contribution in [0.1, 0.15) is 32.6 Å². The number of piperidine rings is 1. The molecule has 2 fully saturated rings. The van der Waals surface area contributed by atoms with Gasteiger partial charge in [0.15, 0.2) is 0 Å². The van der Waals surface area contributed by atoms with Gasteiger partial charge >= 0.3 is 0 Å². The summed E-state index contributed by atoms with van der Waals surface area (Å²) in [5.41, 5.74) is 0. The third-order valence-electron chi connectivity index (χ3n) is 3.40. The highest BCUT2D eigenvalue weighted by Gasteiger charge is 2.41. The predicted molar refractivity (Wildman–Crippen MR) is 53.0 cm³/mol. The average Bonchev–Trinajstić information content (AvgIpc) is 2.47. The zero-order chi connectivity index (χ0) is 10.1. The molecule has 0 radical (unpaired) electrons. The number of Topliss-reactive ketones (excluding diaryl/α,β-unsaturated/α-hetero) is 2. The molecule has 0 aromatic carbocycles. The van der Waals surface area contributed by atoms with Crippen molar-refractivity contribution in [3.05, 3.63) is 0 Å². The van der Waals surface area contributed by atoms with E-state index in [-0.39, 0.29) is 23.5 Å². The normalized spacial score (nSPS) is 35.2. The lowest BCUT2D eigenvalue weighted by Gasteiger charge is -2.30. The Morgan fingerprint density at radius 2 is 1.71 bits per heavy atom. The van der Waals surface area contributed by atoms with Crippen LogP contribution in [0, 0.1) is 5.92 Å². The van der Waals surface area contributed by atoms with E-state index in [4.69, 9.17) is 0 Å². The van der Waals surface area contributed by atoms with Gasteiger partial charge in [-0.3, -0.25) is 14.5 Å². The molecular formula is C11H17NO2. The Bertz CT molecular complexity index is 256. The van der Waals surface area contributed by atoms with Crippen LogP contribution < -0.4 is 0 Å². The number of carbonyl (C=O) groups excluding carboxylic acids is 2. The second-order valence-electron chi connectivity index (χ2n) is 4.48. The van der Waals surface area contributed by atoms with Gasteiger partial charge in [-0.1, -0.05) is 13.3 Å². The van der Waals surface area contributed by atoms with E-state index in [1.165, 1.54) is 19.3 Å². The Balaban J connectivity index is 2.04. The molecular weight excluding hydrogens is 178 g/mol. The van der Waals surface area contributed by atoms with Crippen molar-refractivity contribution in [2.24, 2.45) is 5.92 Å². The van der Waals surface area contributed by atoms with Gasteiger partial charge in [-0.15, -0.1) is 0 Å². The second-order valence-corrected chi connectivity index (χ2v) is 4.48. The van der Waals surface area contributed by atoms with Crippen LogP contribution in [-0.2, 0) is 9.59 Å². The van der Waals surface area contributed by atoms with Crippen molar-refractivity contribution < 1.29 is 9.59 Å². The maximum atomic E-state index is 11.6. The van der Waals surface area contributed by atoms with Crippen LogP contribution in [-0.4, -0.2) is 35.6 Å². The molecule has 14 heavy (non-hydrogen) atoms. The first-order chi connectivity index (χ1) is 6.70. The van der Waals surface area contributed by atoms with Crippen molar-refractivity contribution in [1.29, 1.82) is 0 Å². The Morgan fingerprint density at radius 3 is 2.21 bits per heavy atom. The molecule has 2 atom stereocenters. The monoisotopic (exact) mass is 195 g/mol. The van der Waals surface area contributed by atoms with E-state index in [9.17, 15) is 9.59 Å². The molecule has 0 aromatic heterocycles. The zero-order valence-electron chi connectivity index (χ0n) is 8.66. The van der Waals surface area contributed by atoms with Gasteiger partial charge in [-0.2, -0.15) is 0 Å². The van der Waals surface area contributed by atoms with E-state index < -0.39 is 0 Å². The van der Waals surface area contributed by atoms with Crippen molar-refractivity contribution >= 4 is 11.6 Å². The molecule has 0 N–H and O–H groups in total. The minimum Gasteiger partial charge on any atom is -0.293 e. The molecule has 3 nitrogen and oxygen atoms in total. The minimum absolute atomic E-state index is 0.0468. The standard InChI is InChI=1S/C11H17NO2/c1-8-7-9(11(14)10(8)13)12-5-3-2-4-6-12/h8-9H,2-7H2,1H3. The largest absolute Gasteiger partial charge is 0.293 e. The quantitative estimate of drug-likeness (QED) is 0.586. The van der Waals surface area contributed by atoms with Crippen molar-refractivity contribution in [3.63, 3.8) is 0 Å². The topological polar surface area (TPSA) is 37.4 Å². The van der Waals surface area contributed by atoms with Gasteiger partial charge in [-0.25, -0.2) is 0 Å². The molecule has 78 valence electrons. The maximum Gasteiger partial charge on any atom is 0.215 e. The van der Waals surface area contributed by atoms with Gasteiger partial charge < -0.3 is 0 Å². The number of ketones is 2. The molecule has 2 unspecified atom stereocenters. The predicted octanol–water partition coefficient (Wildman–Crippen LogP) is 1.02. The van der Waals surface area contributed by atoms with Gasteiger partial charge in [0.1, 0.15) is 0 Å². The van der Waals surface area contributed by atoms with Crippen LogP contribution in [0.3, 0.4) is 0 Å². The molecule has 1 aliphatic carbocycles. The number of hydrogen-bond donors (Lipinski definition) is 0. The highest BCUT2D eigenvalue weighted by molar-refractivity contribution is 6.41. The van der Waals surface area contributed by atoms with E-state index in [0.717, 1.165) is 19.5 Å². The summed E-state index contributed by atoms with van der Waals surface area (Å²) in [5.74, 6) is -0.339. The average molecular weight is 195 g/mol. The number of nitrogens with zero attached hydrogens (tertiary/aromatic N) is 1. The van der Waals surface area contributed by atoms with Crippen molar-refractivity contribution in [2.75, 3.05) is 13.1 Å². The van der Waals surface area contributed by atoms with E-state index in [1.807, 2.05) is 6.92 Å². The van der Waals surface area contributed by atoms with Gasteiger partial charge in [0.05, 0.1) is 6.04 Å². The van der Waals surface area contributed by atoms with E-state index >= 15 is 0 Å². The number of rotatable bonds is 1. The van der Waals surface area contributed by atoms with Gasteiger partial charge in [0.2, 0.25) is 11.6 Å². The molecule has 0 aromatic rings.